The number of hydrogen-bond donors (Lipinski definition) is 1. The molecule has 0 saturated heterocycles. The Morgan fingerprint density at radius 2 is 1.93 bits per heavy atom. The van der Waals surface area contributed by atoms with Crippen LogP contribution in [0.15, 0.2) is 12.1 Å². The summed E-state index contributed by atoms with van der Waals surface area (Å²) in [5.74, 6) is -2.02. The van der Waals surface area contributed by atoms with Crippen molar-refractivity contribution in [3.05, 3.63) is 23.5 Å². The summed E-state index contributed by atoms with van der Waals surface area (Å²) in [6.07, 6.45) is -4.93. The van der Waals surface area contributed by atoms with E-state index in [1.54, 1.807) is 0 Å². The van der Waals surface area contributed by atoms with Crippen LogP contribution in [0.5, 0.6) is 5.75 Å². The zero-order valence-electron chi connectivity index (χ0n) is 7.24. The molecule has 2 N–H and O–H groups in total. The van der Waals surface area contributed by atoms with E-state index in [1.165, 1.54) is 0 Å². The molecule has 2 nitrogen and oxygen atoms in total. The van der Waals surface area contributed by atoms with Gasteiger partial charge in [0.2, 0.25) is 0 Å². The van der Waals surface area contributed by atoms with Crippen molar-refractivity contribution in [2.24, 2.45) is 0 Å². The molecule has 0 spiro atoms. The minimum Gasteiger partial charge on any atom is -0.403 e. The standard InChI is InChI=1S/C8H6ClF4NO/c9-3-4-1-2-5(10)6(14)7(4)15-8(11,12)13/h1-2H,3,14H2. The van der Waals surface area contributed by atoms with E-state index in [0.717, 1.165) is 12.1 Å². The maximum atomic E-state index is 12.9. The van der Waals surface area contributed by atoms with Gasteiger partial charge >= 0.3 is 6.36 Å². The van der Waals surface area contributed by atoms with Crippen molar-refractivity contribution in [1.82, 2.24) is 0 Å². The molecule has 0 atom stereocenters. The van der Waals surface area contributed by atoms with Crippen LogP contribution in [-0.4, -0.2) is 6.36 Å². The number of ether oxygens (including phenoxy) is 1. The third-order valence-corrected chi connectivity index (χ3v) is 1.87. The lowest BCUT2D eigenvalue weighted by Gasteiger charge is -2.14. The smallest absolute Gasteiger partial charge is 0.403 e. The molecule has 0 aromatic heterocycles. The Labute approximate surface area is 87.6 Å². The van der Waals surface area contributed by atoms with Crippen molar-refractivity contribution >= 4 is 17.3 Å². The van der Waals surface area contributed by atoms with Crippen molar-refractivity contribution in [2.75, 3.05) is 5.73 Å². The van der Waals surface area contributed by atoms with Gasteiger partial charge in [-0.15, -0.1) is 24.8 Å². The van der Waals surface area contributed by atoms with Crippen LogP contribution >= 0.6 is 11.6 Å². The fraction of sp³-hybridized carbons (Fsp3) is 0.250. The second kappa shape index (κ2) is 4.14. The molecule has 0 aliphatic rings. The van der Waals surface area contributed by atoms with Crippen molar-refractivity contribution in [2.45, 2.75) is 12.2 Å². The number of nitrogens with two attached hydrogens (primary N) is 1. The van der Waals surface area contributed by atoms with Gasteiger partial charge in [0.1, 0.15) is 11.5 Å². The van der Waals surface area contributed by atoms with Crippen LogP contribution in [0, 0.1) is 5.82 Å². The Kier molecular flexibility index (Phi) is 3.28. The summed E-state index contributed by atoms with van der Waals surface area (Å²) in [6, 6.07) is 2.01. The molecule has 1 aromatic carbocycles. The molecule has 0 unspecified atom stereocenters. The predicted molar refractivity (Wildman–Crippen MR) is 47.1 cm³/mol. The summed E-state index contributed by atoms with van der Waals surface area (Å²) in [5, 5.41) is 0. The summed E-state index contributed by atoms with van der Waals surface area (Å²) in [6.45, 7) is 0. The normalized spacial score (nSPS) is 11.5. The van der Waals surface area contributed by atoms with Crippen LogP contribution in [0.3, 0.4) is 0 Å². The zero-order valence-corrected chi connectivity index (χ0v) is 7.99. The Morgan fingerprint density at radius 1 is 1.33 bits per heavy atom. The molecule has 0 radical (unpaired) electrons. The quantitative estimate of drug-likeness (QED) is 0.492. The SMILES string of the molecule is Nc1c(F)ccc(CCl)c1OC(F)(F)F. The molecular formula is C8H6ClF4NO. The van der Waals surface area contributed by atoms with E-state index in [9.17, 15) is 17.6 Å². The van der Waals surface area contributed by atoms with Gasteiger partial charge in [0.05, 0.1) is 5.88 Å². The third kappa shape index (κ3) is 2.89. The number of halogens is 5. The lowest BCUT2D eigenvalue weighted by molar-refractivity contribution is -0.274. The second-order valence-electron chi connectivity index (χ2n) is 2.63. The highest BCUT2D eigenvalue weighted by atomic mass is 35.5. The van der Waals surface area contributed by atoms with Gasteiger partial charge in [-0.1, -0.05) is 6.07 Å². The molecule has 0 heterocycles. The Morgan fingerprint density at radius 3 is 2.40 bits per heavy atom. The van der Waals surface area contributed by atoms with E-state index in [1.807, 2.05) is 0 Å². The molecule has 1 rings (SSSR count). The van der Waals surface area contributed by atoms with E-state index in [-0.39, 0.29) is 11.4 Å². The highest BCUT2D eigenvalue weighted by molar-refractivity contribution is 6.17. The monoisotopic (exact) mass is 243 g/mol. The molecule has 0 aliphatic heterocycles. The van der Waals surface area contributed by atoms with Gasteiger partial charge < -0.3 is 10.5 Å². The first-order valence-electron chi connectivity index (χ1n) is 3.73. The number of anilines is 1. The number of rotatable bonds is 2. The van der Waals surface area contributed by atoms with E-state index < -0.39 is 23.6 Å². The zero-order chi connectivity index (χ0) is 11.6. The van der Waals surface area contributed by atoms with Gasteiger partial charge in [0, 0.05) is 5.56 Å². The maximum absolute atomic E-state index is 12.9. The van der Waals surface area contributed by atoms with Crippen molar-refractivity contribution in [3.63, 3.8) is 0 Å². The minimum absolute atomic E-state index is 0.0205. The first-order valence-corrected chi connectivity index (χ1v) is 4.27. The van der Waals surface area contributed by atoms with E-state index in [2.05, 4.69) is 4.74 Å². The van der Waals surface area contributed by atoms with Gasteiger partial charge in [-0.05, 0) is 6.07 Å². The maximum Gasteiger partial charge on any atom is 0.573 e. The van der Waals surface area contributed by atoms with Crippen molar-refractivity contribution in [3.8, 4) is 5.75 Å². The molecule has 84 valence electrons. The second-order valence-corrected chi connectivity index (χ2v) is 2.90. The molecule has 0 amide bonds. The van der Waals surface area contributed by atoms with E-state index in [0.29, 0.717) is 0 Å². The Hall–Kier alpha value is -1.17. The molecule has 0 saturated carbocycles. The number of hydrogen-bond acceptors (Lipinski definition) is 2. The topological polar surface area (TPSA) is 35.2 Å². The predicted octanol–water partition coefficient (Wildman–Crippen LogP) is 3.05. The first-order chi connectivity index (χ1) is 6.85. The number of nitrogen functional groups attached to an aromatic ring is 1. The van der Waals surface area contributed by atoms with Crippen LogP contribution in [-0.2, 0) is 5.88 Å². The number of benzene rings is 1. The summed E-state index contributed by atoms with van der Waals surface area (Å²) >= 11 is 5.36. The average molecular weight is 244 g/mol. The van der Waals surface area contributed by atoms with E-state index >= 15 is 0 Å². The minimum atomic E-state index is -4.93. The molecule has 0 bridgehead atoms. The fourth-order valence-corrected chi connectivity index (χ4v) is 1.17. The molecule has 1 aromatic rings. The highest BCUT2D eigenvalue weighted by Crippen LogP contribution is 2.34. The Balaban J connectivity index is 3.18. The summed E-state index contributed by atoms with van der Waals surface area (Å²) in [5.41, 5.74) is 4.38. The van der Waals surface area contributed by atoms with Gasteiger partial charge in [0.25, 0.3) is 0 Å². The average Bonchev–Trinajstić information content (AvgIpc) is 2.11. The van der Waals surface area contributed by atoms with Gasteiger partial charge in [0.15, 0.2) is 5.75 Å². The van der Waals surface area contributed by atoms with Crippen molar-refractivity contribution in [1.29, 1.82) is 0 Å². The van der Waals surface area contributed by atoms with E-state index in [4.69, 9.17) is 17.3 Å². The summed E-state index contributed by atoms with van der Waals surface area (Å²) in [7, 11) is 0. The van der Waals surface area contributed by atoms with Crippen LogP contribution in [0.25, 0.3) is 0 Å². The molecular weight excluding hydrogens is 238 g/mol. The first kappa shape index (κ1) is 11.9. The summed E-state index contributed by atoms with van der Waals surface area (Å²) in [4.78, 5) is 0. The van der Waals surface area contributed by atoms with Crippen LogP contribution in [0.1, 0.15) is 5.56 Å². The molecule has 7 heteroatoms. The largest absolute Gasteiger partial charge is 0.573 e. The Bertz CT molecular complexity index is 366. The molecule has 0 fully saturated rings. The number of alkyl halides is 4. The van der Waals surface area contributed by atoms with Gasteiger partial charge in [-0.3, -0.25) is 0 Å². The van der Waals surface area contributed by atoms with Gasteiger partial charge in [-0.2, -0.15) is 0 Å². The van der Waals surface area contributed by atoms with Crippen LogP contribution < -0.4 is 10.5 Å². The summed E-state index contributed by atoms with van der Waals surface area (Å²) < 4.78 is 52.2. The van der Waals surface area contributed by atoms with Crippen LogP contribution in [0.4, 0.5) is 23.2 Å². The van der Waals surface area contributed by atoms with Crippen molar-refractivity contribution < 1.29 is 22.3 Å². The van der Waals surface area contributed by atoms with Crippen LogP contribution in [0.2, 0.25) is 0 Å². The fourth-order valence-electron chi connectivity index (χ4n) is 0.962. The van der Waals surface area contributed by atoms with Gasteiger partial charge in [-0.25, -0.2) is 4.39 Å². The molecule has 0 aliphatic carbocycles. The lowest BCUT2D eigenvalue weighted by atomic mass is 10.2. The molecule has 15 heavy (non-hydrogen) atoms. The highest BCUT2D eigenvalue weighted by Gasteiger charge is 2.33. The third-order valence-electron chi connectivity index (χ3n) is 1.59. The lowest BCUT2D eigenvalue weighted by Crippen LogP contribution is -2.19.